The SMILES string of the molecule is Cc1ccc(NC(=O)Cc2nc(-c3c(-c4ccccc4)[nH]c4ccccc34)cs2)cc1. The molecule has 2 aromatic heterocycles. The largest absolute Gasteiger partial charge is 0.354 e. The Kier molecular flexibility index (Phi) is 5.10. The molecule has 4 nitrogen and oxygen atoms in total. The number of aromatic amines is 1. The van der Waals surface area contributed by atoms with Crippen LogP contribution in [0.3, 0.4) is 0 Å². The van der Waals surface area contributed by atoms with Gasteiger partial charge in [-0.05, 0) is 30.7 Å². The van der Waals surface area contributed by atoms with E-state index in [1.807, 2.05) is 66.9 Å². The Balaban J connectivity index is 1.45. The number of aromatic nitrogens is 2. The summed E-state index contributed by atoms with van der Waals surface area (Å²) in [6.07, 6.45) is 0.252. The van der Waals surface area contributed by atoms with Gasteiger partial charge in [-0.2, -0.15) is 0 Å². The van der Waals surface area contributed by atoms with Gasteiger partial charge in [0.05, 0.1) is 17.8 Å². The van der Waals surface area contributed by atoms with Crippen LogP contribution in [0.5, 0.6) is 0 Å². The van der Waals surface area contributed by atoms with Gasteiger partial charge >= 0.3 is 0 Å². The molecule has 0 saturated carbocycles. The van der Waals surface area contributed by atoms with E-state index in [1.165, 1.54) is 11.3 Å². The van der Waals surface area contributed by atoms with Crippen molar-refractivity contribution in [2.24, 2.45) is 0 Å². The maximum Gasteiger partial charge on any atom is 0.231 e. The third kappa shape index (κ3) is 4.00. The first kappa shape index (κ1) is 19.3. The van der Waals surface area contributed by atoms with Gasteiger partial charge in [0.25, 0.3) is 0 Å². The molecule has 0 bridgehead atoms. The molecule has 0 saturated heterocycles. The molecular formula is C26H21N3OS. The van der Waals surface area contributed by atoms with E-state index in [1.54, 1.807) is 0 Å². The van der Waals surface area contributed by atoms with Gasteiger partial charge in [0.1, 0.15) is 5.01 Å². The number of nitrogens with zero attached hydrogens (tertiary/aromatic N) is 1. The average molecular weight is 424 g/mol. The highest BCUT2D eigenvalue weighted by atomic mass is 32.1. The van der Waals surface area contributed by atoms with Crippen LogP contribution in [0.15, 0.2) is 84.2 Å². The van der Waals surface area contributed by atoms with Gasteiger partial charge in [0.2, 0.25) is 5.91 Å². The number of amides is 1. The fourth-order valence-corrected chi connectivity index (χ4v) is 4.50. The molecule has 5 heteroatoms. The lowest BCUT2D eigenvalue weighted by atomic mass is 10.0. The number of benzene rings is 3. The second kappa shape index (κ2) is 8.20. The quantitative estimate of drug-likeness (QED) is 0.341. The Hall–Kier alpha value is -3.70. The molecule has 5 aromatic rings. The van der Waals surface area contributed by atoms with Crippen LogP contribution in [0.2, 0.25) is 0 Å². The number of anilines is 1. The Morgan fingerprint density at radius 3 is 2.52 bits per heavy atom. The van der Waals surface area contributed by atoms with E-state index in [9.17, 15) is 4.79 Å². The molecule has 0 spiro atoms. The van der Waals surface area contributed by atoms with Gasteiger partial charge in [-0.25, -0.2) is 4.98 Å². The molecule has 152 valence electrons. The molecule has 2 heterocycles. The summed E-state index contributed by atoms with van der Waals surface area (Å²) in [5.74, 6) is -0.0630. The molecule has 0 fully saturated rings. The molecule has 0 radical (unpaired) electrons. The van der Waals surface area contributed by atoms with Crippen molar-refractivity contribution in [1.29, 1.82) is 0 Å². The van der Waals surface area contributed by atoms with E-state index in [4.69, 9.17) is 4.98 Å². The molecule has 0 atom stereocenters. The van der Waals surface area contributed by atoms with Gasteiger partial charge in [0, 0.05) is 27.5 Å². The van der Waals surface area contributed by atoms with Crippen LogP contribution in [-0.2, 0) is 11.2 Å². The normalized spacial score (nSPS) is 11.0. The number of thiazole rings is 1. The Bertz CT molecular complexity index is 1350. The standard InChI is InChI=1S/C26H21N3OS/c1-17-11-13-19(14-12-17)27-23(30)15-24-28-22(16-31-24)25-20-9-5-6-10-21(20)29-26(25)18-7-3-2-4-8-18/h2-14,16,29H,15H2,1H3,(H,27,30). The van der Waals surface area contributed by atoms with Crippen molar-refractivity contribution >= 4 is 33.8 Å². The zero-order valence-corrected chi connectivity index (χ0v) is 17.9. The Labute approximate surface area is 184 Å². The predicted octanol–water partition coefficient (Wildman–Crippen LogP) is 6.45. The van der Waals surface area contributed by atoms with Crippen LogP contribution < -0.4 is 5.32 Å². The summed E-state index contributed by atoms with van der Waals surface area (Å²) in [6, 6.07) is 26.3. The van der Waals surface area contributed by atoms with Gasteiger partial charge in [0.15, 0.2) is 0 Å². The van der Waals surface area contributed by atoms with Crippen molar-refractivity contribution in [3.05, 3.63) is 94.8 Å². The number of para-hydroxylation sites is 1. The number of rotatable bonds is 5. The van der Waals surface area contributed by atoms with Gasteiger partial charge < -0.3 is 10.3 Å². The second-order valence-corrected chi connectivity index (χ2v) is 8.45. The lowest BCUT2D eigenvalue weighted by Crippen LogP contribution is -2.14. The first-order chi connectivity index (χ1) is 15.2. The molecule has 31 heavy (non-hydrogen) atoms. The van der Waals surface area contributed by atoms with E-state index < -0.39 is 0 Å². The summed E-state index contributed by atoms with van der Waals surface area (Å²) in [4.78, 5) is 20.9. The van der Waals surface area contributed by atoms with Gasteiger partial charge in [-0.1, -0.05) is 66.2 Å². The summed E-state index contributed by atoms with van der Waals surface area (Å²) in [5, 5.41) is 6.91. The molecule has 2 N–H and O–H groups in total. The van der Waals surface area contributed by atoms with E-state index in [0.717, 1.165) is 49.7 Å². The summed E-state index contributed by atoms with van der Waals surface area (Å²) in [5.41, 5.74) is 7.15. The number of fused-ring (bicyclic) bond motifs is 1. The van der Waals surface area contributed by atoms with Gasteiger partial charge in [-0.15, -0.1) is 11.3 Å². The molecule has 0 aliphatic rings. The van der Waals surface area contributed by atoms with Crippen molar-refractivity contribution in [1.82, 2.24) is 9.97 Å². The molecule has 0 unspecified atom stereocenters. The van der Waals surface area contributed by atoms with Crippen LogP contribution in [0.1, 0.15) is 10.6 Å². The van der Waals surface area contributed by atoms with E-state index in [-0.39, 0.29) is 12.3 Å². The average Bonchev–Trinajstić information content (AvgIpc) is 3.40. The number of hydrogen-bond acceptors (Lipinski definition) is 3. The molecule has 0 aliphatic heterocycles. The maximum atomic E-state index is 12.5. The van der Waals surface area contributed by atoms with Crippen LogP contribution in [-0.4, -0.2) is 15.9 Å². The number of H-pyrrole nitrogens is 1. The van der Waals surface area contributed by atoms with Crippen molar-refractivity contribution < 1.29 is 4.79 Å². The minimum Gasteiger partial charge on any atom is -0.354 e. The lowest BCUT2D eigenvalue weighted by Gasteiger charge is -2.04. The zero-order chi connectivity index (χ0) is 21.2. The minimum atomic E-state index is -0.0630. The third-order valence-corrected chi connectivity index (χ3v) is 6.07. The smallest absolute Gasteiger partial charge is 0.231 e. The number of carbonyl (C=O) groups excluding carboxylic acids is 1. The van der Waals surface area contributed by atoms with Crippen molar-refractivity contribution in [3.8, 4) is 22.5 Å². The molecular weight excluding hydrogens is 402 g/mol. The summed E-state index contributed by atoms with van der Waals surface area (Å²) in [6.45, 7) is 2.02. The number of aryl methyl sites for hydroxylation is 1. The first-order valence-corrected chi connectivity index (χ1v) is 11.0. The second-order valence-electron chi connectivity index (χ2n) is 7.50. The number of hydrogen-bond donors (Lipinski definition) is 2. The van der Waals surface area contributed by atoms with Crippen LogP contribution >= 0.6 is 11.3 Å². The van der Waals surface area contributed by atoms with Crippen LogP contribution in [0.25, 0.3) is 33.4 Å². The maximum absolute atomic E-state index is 12.5. The Morgan fingerprint density at radius 1 is 0.968 bits per heavy atom. The topological polar surface area (TPSA) is 57.8 Å². The molecule has 3 aromatic carbocycles. The predicted molar refractivity (Wildman–Crippen MR) is 128 cm³/mol. The molecule has 0 aliphatic carbocycles. The van der Waals surface area contributed by atoms with Crippen molar-refractivity contribution in [2.75, 3.05) is 5.32 Å². The molecule has 5 rings (SSSR count). The highest BCUT2D eigenvalue weighted by Crippen LogP contribution is 2.38. The molecule has 1 amide bonds. The minimum absolute atomic E-state index is 0.0630. The van der Waals surface area contributed by atoms with E-state index in [2.05, 4.69) is 34.6 Å². The van der Waals surface area contributed by atoms with Crippen molar-refractivity contribution in [2.45, 2.75) is 13.3 Å². The van der Waals surface area contributed by atoms with Crippen molar-refractivity contribution in [3.63, 3.8) is 0 Å². The zero-order valence-electron chi connectivity index (χ0n) is 17.1. The highest BCUT2D eigenvalue weighted by Gasteiger charge is 2.18. The van der Waals surface area contributed by atoms with E-state index in [0.29, 0.717) is 0 Å². The van der Waals surface area contributed by atoms with Gasteiger partial charge in [-0.3, -0.25) is 4.79 Å². The summed E-state index contributed by atoms with van der Waals surface area (Å²) >= 11 is 1.52. The number of nitrogens with one attached hydrogen (secondary N) is 2. The fourth-order valence-electron chi connectivity index (χ4n) is 3.72. The highest BCUT2D eigenvalue weighted by molar-refractivity contribution is 7.10. The number of carbonyl (C=O) groups is 1. The monoisotopic (exact) mass is 423 g/mol. The van der Waals surface area contributed by atoms with Crippen LogP contribution in [0.4, 0.5) is 5.69 Å². The summed E-state index contributed by atoms with van der Waals surface area (Å²) < 4.78 is 0. The third-order valence-electron chi connectivity index (χ3n) is 5.22. The fraction of sp³-hybridized carbons (Fsp3) is 0.0769. The summed E-state index contributed by atoms with van der Waals surface area (Å²) in [7, 11) is 0. The van der Waals surface area contributed by atoms with E-state index >= 15 is 0 Å². The Morgan fingerprint density at radius 2 is 1.71 bits per heavy atom. The lowest BCUT2D eigenvalue weighted by molar-refractivity contribution is -0.115. The van der Waals surface area contributed by atoms with Crippen LogP contribution in [0, 0.1) is 6.92 Å². The first-order valence-electron chi connectivity index (χ1n) is 10.1.